The van der Waals surface area contributed by atoms with Crippen LogP contribution >= 0.6 is 0 Å². The molecule has 1 heterocycles. The number of benzene rings is 4. The van der Waals surface area contributed by atoms with Crippen LogP contribution in [0.1, 0.15) is 74.3 Å². The van der Waals surface area contributed by atoms with Gasteiger partial charge in [-0.25, -0.2) is 0 Å². The van der Waals surface area contributed by atoms with Crippen LogP contribution in [0.25, 0.3) is 39.3 Å². The van der Waals surface area contributed by atoms with Crippen molar-refractivity contribution in [2.24, 2.45) is 0 Å². The second kappa shape index (κ2) is 12.1. The Labute approximate surface area is 251 Å². The molecule has 7 rings (SSSR count). The predicted molar refractivity (Wildman–Crippen MR) is 161 cm³/mol. The molecule has 2 aliphatic rings. The van der Waals surface area contributed by atoms with Crippen LogP contribution in [0.15, 0.2) is 103 Å². The predicted octanol–water partition coefficient (Wildman–Crippen LogP) is 9.99. The van der Waals surface area contributed by atoms with E-state index in [0.29, 0.717) is 11.8 Å². The fourth-order valence-corrected chi connectivity index (χ4v) is 6.91. The number of nitrogens with zero attached hydrogens (tertiary/aromatic N) is 2. The molecule has 2 nitrogen and oxygen atoms in total. The smallest absolute Gasteiger partial charge is 0.0602 e. The summed E-state index contributed by atoms with van der Waals surface area (Å²) in [5.74, 6) is 2.19. The van der Waals surface area contributed by atoms with Crippen molar-refractivity contribution in [2.75, 3.05) is 0 Å². The van der Waals surface area contributed by atoms with E-state index < -0.39 is 0 Å². The molecule has 2 aliphatic carbocycles. The molecule has 0 amide bonds. The van der Waals surface area contributed by atoms with Gasteiger partial charge in [0.2, 0.25) is 0 Å². The third-order valence-corrected chi connectivity index (χ3v) is 8.91. The summed E-state index contributed by atoms with van der Waals surface area (Å²) in [6.45, 7) is 0. The van der Waals surface area contributed by atoms with Crippen LogP contribution in [0.3, 0.4) is 0 Å². The van der Waals surface area contributed by atoms with Gasteiger partial charge in [-0.2, -0.15) is 0 Å². The number of hydrogen-bond acceptors (Lipinski definition) is 1. The maximum absolute atomic E-state index is 4.91. The maximum atomic E-state index is 4.91. The van der Waals surface area contributed by atoms with Crippen LogP contribution in [0, 0.1) is 6.07 Å². The number of rotatable bonds is 6. The van der Waals surface area contributed by atoms with Gasteiger partial charge in [-0.05, 0) is 71.9 Å². The molecule has 4 aromatic carbocycles. The first-order valence-corrected chi connectivity index (χ1v) is 14.7. The van der Waals surface area contributed by atoms with Crippen LogP contribution in [0.5, 0.6) is 0 Å². The summed E-state index contributed by atoms with van der Waals surface area (Å²) in [5, 5.41) is 0. The average molecular weight is 700 g/mol. The summed E-state index contributed by atoms with van der Waals surface area (Å²) < 4.78 is 2.39. The molecular formula is C37H35IrN2-. The summed E-state index contributed by atoms with van der Waals surface area (Å²) in [4.78, 5) is 4.91. The Morgan fingerprint density at radius 2 is 1.18 bits per heavy atom. The van der Waals surface area contributed by atoms with E-state index in [4.69, 9.17) is 4.98 Å². The molecule has 0 bridgehead atoms. The molecule has 2 fully saturated rings. The number of hydrogen-bond donors (Lipinski definition) is 0. The minimum absolute atomic E-state index is 0. The normalized spacial score (nSPS) is 15.8. The first-order chi connectivity index (χ1) is 19.3. The van der Waals surface area contributed by atoms with Crippen molar-refractivity contribution in [3.8, 4) is 39.3 Å². The van der Waals surface area contributed by atoms with Gasteiger partial charge < -0.3 is 4.57 Å². The van der Waals surface area contributed by atoms with Crippen LogP contribution in [-0.2, 0) is 20.1 Å². The van der Waals surface area contributed by atoms with E-state index in [0.717, 1.165) is 11.4 Å². The van der Waals surface area contributed by atoms with Crippen molar-refractivity contribution in [1.29, 1.82) is 0 Å². The topological polar surface area (TPSA) is 17.8 Å². The Balaban J connectivity index is 0.00000289. The molecule has 0 saturated heterocycles. The summed E-state index contributed by atoms with van der Waals surface area (Å²) in [6.07, 6.45) is 14.5. The van der Waals surface area contributed by atoms with Gasteiger partial charge in [-0.3, -0.25) is 4.98 Å². The minimum atomic E-state index is 0. The molecule has 203 valence electrons. The average Bonchev–Trinajstić information content (AvgIpc) is 3.81. The maximum Gasteiger partial charge on any atom is 0.0602 e. The largest absolute Gasteiger partial charge is 0.340 e. The Bertz CT molecular complexity index is 1500. The van der Waals surface area contributed by atoms with Crippen molar-refractivity contribution < 1.29 is 20.1 Å². The molecule has 5 aromatic rings. The zero-order valence-corrected chi connectivity index (χ0v) is 25.2. The SMILES string of the molecule is [Ir].[c-]1cc(-c2ccccc2)ccc1-c1nccn1-c1c(C2CCCC2)cc(-c2ccccc2)cc1C1CCCC1. The Hall–Kier alpha value is -3.26. The Kier molecular flexibility index (Phi) is 8.14. The van der Waals surface area contributed by atoms with Crippen molar-refractivity contribution >= 4 is 0 Å². The molecule has 2 saturated carbocycles. The van der Waals surface area contributed by atoms with E-state index in [1.165, 1.54) is 90.4 Å². The first-order valence-electron chi connectivity index (χ1n) is 14.7. The molecule has 1 radical (unpaired) electrons. The van der Waals surface area contributed by atoms with Crippen molar-refractivity contribution in [2.45, 2.75) is 63.2 Å². The van der Waals surface area contributed by atoms with E-state index in [-0.39, 0.29) is 20.1 Å². The fourth-order valence-electron chi connectivity index (χ4n) is 6.91. The molecule has 0 spiro atoms. The molecular weight excluding hydrogens is 665 g/mol. The van der Waals surface area contributed by atoms with Crippen LogP contribution in [0.4, 0.5) is 0 Å². The van der Waals surface area contributed by atoms with Crippen LogP contribution in [-0.4, -0.2) is 9.55 Å². The standard InChI is InChI=1S/C37H35N2.Ir/c1-3-11-27(12-4-1)29-19-21-32(22-20-29)37-38-23-24-39(37)36-34(30-15-7-8-16-30)25-33(28-13-5-2-6-14-28)26-35(36)31-17-9-10-18-31;/h1-6,11-14,19-21,23-26,30-31H,7-10,15-18H2;/q-1;. The quantitative estimate of drug-likeness (QED) is 0.161. The van der Waals surface area contributed by atoms with Crippen LogP contribution < -0.4 is 0 Å². The summed E-state index contributed by atoms with van der Waals surface area (Å²) in [7, 11) is 0. The number of imidazole rings is 1. The van der Waals surface area contributed by atoms with Gasteiger partial charge in [0.15, 0.2) is 0 Å². The second-order valence-electron chi connectivity index (χ2n) is 11.3. The van der Waals surface area contributed by atoms with E-state index in [9.17, 15) is 0 Å². The van der Waals surface area contributed by atoms with Gasteiger partial charge in [0.25, 0.3) is 0 Å². The van der Waals surface area contributed by atoms with Gasteiger partial charge >= 0.3 is 0 Å². The minimum Gasteiger partial charge on any atom is -0.340 e. The summed E-state index contributed by atoms with van der Waals surface area (Å²) >= 11 is 0. The van der Waals surface area contributed by atoms with Crippen molar-refractivity contribution in [3.05, 3.63) is 121 Å². The molecule has 0 unspecified atom stereocenters. The number of aromatic nitrogens is 2. The molecule has 40 heavy (non-hydrogen) atoms. The summed E-state index contributed by atoms with van der Waals surface area (Å²) in [5.41, 5.74) is 10.5. The zero-order valence-electron chi connectivity index (χ0n) is 22.9. The molecule has 1 aromatic heterocycles. The van der Waals surface area contributed by atoms with Crippen LogP contribution in [0.2, 0.25) is 0 Å². The van der Waals surface area contributed by atoms with Gasteiger partial charge in [0.05, 0.1) is 5.82 Å². The molecule has 3 heteroatoms. The van der Waals surface area contributed by atoms with E-state index in [2.05, 4.69) is 108 Å². The van der Waals surface area contributed by atoms with Gasteiger partial charge in [-0.1, -0.05) is 97.5 Å². The van der Waals surface area contributed by atoms with E-state index >= 15 is 0 Å². The van der Waals surface area contributed by atoms with Crippen molar-refractivity contribution in [1.82, 2.24) is 9.55 Å². The molecule has 0 N–H and O–H groups in total. The molecule has 0 atom stereocenters. The third-order valence-electron chi connectivity index (χ3n) is 8.91. The van der Waals surface area contributed by atoms with Gasteiger partial charge in [-0.15, -0.1) is 29.8 Å². The van der Waals surface area contributed by atoms with Gasteiger partial charge in [0, 0.05) is 38.2 Å². The third kappa shape index (κ3) is 5.26. The van der Waals surface area contributed by atoms with Gasteiger partial charge in [0.1, 0.15) is 0 Å². The van der Waals surface area contributed by atoms with E-state index in [1.807, 2.05) is 6.20 Å². The second-order valence-corrected chi connectivity index (χ2v) is 11.3. The Morgan fingerprint density at radius 3 is 1.70 bits per heavy atom. The molecule has 0 aliphatic heterocycles. The first kappa shape index (κ1) is 26.9. The fraction of sp³-hybridized carbons (Fsp3) is 0.270. The summed E-state index contributed by atoms with van der Waals surface area (Å²) in [6, 6.07) is 36.6. The van der Waals surface area contributed by atoms with E-state index in [1.54, 1.807) is 0 Å². The Morgan fingerprint density at radius 1 is 0.625 bits per heavy atom. The van der Waals surface area contributed by atoms with Crippen molar-refractivity contribution in [3.63, 3.8) is 0 Å². The zero-order chi connectivity index (χ0) is 26.0. The monoisotopic (exact) mass is 700 g/mol.